The van der Waals surface area contributed by atoms with E-state index in [4.69, 9.17) is 10.7 Å². The Morgan fingerprint density at radius 1 is 1.29 bits per heavy atom. The monoisotopic (exact) mass is 271 g/mol. The van der Waals surface area contributed by atoms with E-state index in [-0.39, 0.29) is 11.8 Å². The van der Waals surface area contributed by atoms with Crippen molar-refractivity contribution in [2.75, 3.05) is 0 Å². The minimum atomic E-state index is -3.97. The van der Waals surface area contributed by atoms with E-state index in [1.165, 1.54) is 0 Å². The maximum absolute atomic E-state index is 11.7. The fourth-order valence-corrected chi connectivity index (χ4v) is 4.09. The molecule has 17 heavy (non-hydrogen) atoms. The van der Waals surface area contributed by atoms with Crippen LogP contribution in [0.4, 0.5) is 0 Å². The number of nitrogens with zero attached hydrogens (tertiary/aromatic N) is 1. The van der Waals surface area contributed by atoms with Gasteiger partial charge in [-0.25, -0.2) is 4.31 Å². The number of hydrogen-bond donors (Lipinski definition) is 0. The fraction of sp³-hybridized carbons (Fsp3) is 0.364. The second kappa shape index (κ2) is 3.46. The molecule has 1 saturated heterocycles. The second-order valence-electron chi connectivity index (χ2n) is 4.36. The predicted molar refractivity (Wildman–Crippen MR) is 62.6 cm³/mol. The summed E-state index contributed by atoms with van der Waals surface area (Å²) in [5.74, 6) is -0.599. The Bertz CT molecular complexity index is 598. The lowest BCUT2D eigenvalue weighted by Crippen LogP contribution is -2.57. The van der Waals surface area contributed by atoms with E-state index in [2.05, 4.69) is 0 Å². The quantitative estimate of drug-likeness (QED) is 0.576. The maximum Gasteiger partial charge on any atom is 0.324 e. The minimum Gasteiger partial charge on any atom is -0.273 e. The van der Waals surface area contributed by atoms with Gasteiger partial charge in [0.05, 0.1) is 12.0 Å². The molecule has 1 aliphatic carbocycles. The molecule has 3 rings (SSSR count). The van der Waals surface area contributed by atoms with E-state index in [1.54, 1.807) is 0 Å². The maximum atomic E-state index is 11.7. The number of aryl methyl sites for hydroxylation is 1. The lowest BCUT2D eigenvalue weighted by atomic mass is 9.74. The summed E-state index contributed by atoms with van der Waals surface area (Å²) in [6.45, 7) is 0. The number of carbonyl (C=O) groups is 1. The van der Waals surface area contributed by atoms with Gasteiger partial charge in [-0.2, -0.15) is 8.42 Å². The first kappa shape index (κ1) is 11.0. The summed E-state index contributed by atoms with van der Waals surface area (Å²) in [5, 5.41) is 0. The number of rotatable bonds is 1. The third-order valence-corrected chi connectivity index (χ3v) is 4.82. The summed E-state index contributed by atoms with van der Waals surface area (Å²) in [7, 11) is 1.32. The van der Waals surface area contributed by atoms with Crippen LogP contribution in [0.25, 0.3) is 0 Å². The summed E-state index contributed by atoms with van der Waals surface area (Å²) < 4.78 is 23.5. The van der Waals surface area contributed by atoms with E-state index in [0.29, 0.717) is 6.42 Å². The minimum absolute atomic E-state index is 0.224. The van der Waals surface area contributed by atoms with Crippen molar-refractivity contribution in [3.05, 3.63) is 35.4 Å². The topological polar surface area (TPSA) is 54.5 Å². The number of benzene rings is 1. The molecule has 6 heteroatoms. The number of carbonyl (C=O) groups excluding carboxylic acids is 1. The van der Waals surface area contributed by atoms with Gasteiger partial charge in [0.15, 0.2) is 0 Å². The average molecular weight is 272 g/mol. The van der Waals surface area contributed by atoms with Crippen molar-refractivity contribution < 1.29 is 13.2 Å². The van der Waals surface area contributed by atoms with Crippen molar-refractivity contribution in [3.63, 3.8) is 0 Å². The number of amides is 1. The average Bonchev–Trinajstić information content (AvgIpc) is 2.25. The Balaban J connectivity index is 2.09. The van der Waals surface area contributed by atoms with Gasteiger partial charge in [-0.15, -0.1) is 0 Å². The number of β-lactam (4-membered cyclic amide) rings is 1. The molecule has 2 atom stereocenters. The summed E-state index contributed by atoms with van der Waals surface area (Å²) >= 11 is 0. The van der Waals surface area contributed by atoms with Crippen LogP contribution in [-0.4, -0.2) is 18.6 Å². The van der Waals surface area contributed by atoms with Crippen LogP contribution in [0.5, 0.6) is 0 Å². The molecule has 2 unspecified atom stereocenters. The SMILES string of the molecule is O=C1C2CCc3ccccc3C2N1S(=O)(=O)Cl. The highest BCUT2D eigenvalue weighted by Crippen LogP contribution is 2.49. The molecule has 0 bridgehead atoms. The Labute approximate surface area is 104 Å². The third kappa shape index (κ3) is 1.49. The van der Waals surface area contributed by atoms with Gasteiger partial charge in [-0.3, -0.25) is 4.79 Å². The first-order chi connectivity index (χ1) is 8.00. The molecule has 2 aliphatic rings. The summed E-state index contributed by atoms with van der Waals surface area (Å²) in [4.78, 5) is 11.7. The fourth-order valence-electron chi connectivity index (χ4n) is 2.75. The molecule has 1 aliphatic heterocycles. The molecular weight excluding hydrogens is 262 g/mol. The van der Waals surface area contributed by atoms with Gasteiger partial charge < -0.3 is 0 Å². The van der Waals surface area contributed by atoms with Gasteiger partial charge >= 0.3 is 9.24 Å². The molecule has 0 saturated carbocycles. The molecule has 90 valence electrons. The zero-order valence-corrected chi connectivity index (χ0v) is 10.4. The molecule has 0 aromatic heterocycles. The van der Waals surface area contributed by atoms with Crippen molar-refractivity contribution in [2.45, 2.75) is 18.9 Å². The Kier molecular flexibility index (Phi) is 2.25. The van der Waals surface area contributed by atoms with Crippen molar-refractivity contribution >= 4 is 25.8 Å². The number of halogens is 1. The largest absolute Gasteiger partial charge is 0.324 e. The van der Waals surface area contributed by atoms with Crippen molar-refractivity contribution in [1.82, 2.24) is 4.31 Å². The Morgan fingerprint density at radius 2 is 2.00 bits per heavy atom. The highest BCUT2D eigenvalue weighted by Gasteiger charge is 2.55. The van der Waals surface area contributed by atoms with Crippen LogP contribution >= 0.6 is 10.7 Å². The normalized spacial score (nSPS) is 27.1. The summed E-state index contributed by atoms with van der Waals surface area (Å²) in [6, 6.07) is 7.21. The molecule has 4 nitrogen and oxygen atoms in total. The van der Waals surface area contributed by atoms with E-state index in [9.17, 15) is 13.2 Å². The summed E-state index contributed by atoms with van der Waals surface area (Å²) in [5.41, 5.74) is 2.01. The van der Waals surface area contributed by atoms with Crippen LogP contribution < -0.4 is 0 Å². The van der Waals surface area contributed by atoms with Crippen LogP contribution in [0.15, 0.2) is 24.3 Å². The van der Waals surface area contributed by atoms with Crippen molar-refractivity contribution in [3.8, 4) is 0 Å². The van der Waals surface area contributed by atoms with Crippen molar-refractivity contribution in [2.24, 2.45) is 5.92 Å². The number of hydrogen-bond acceptors (Lipinski definition) is 3. The lowest BCUT2D eigenvalue weighted by molar-refractivity contribution is -0.147. The van der Waals surface area contributed by atoms with Gasteiger partial charge in [0.1, 0.15) is 0 Å². The molecule has 0 spiro atoms. The molecule has 1 amide bonds. The first-order valence-corrected chi connectivity index (χ1v) is 7.62. The van der Waals surface area contributed by atoms with Gasteiger partial charge in [-0.05, 0) is 24.0 Å². The summed E-state index contributed by atoms with van der Waals surface area (Å²) in [6.07, 6.45) is 1.52. The Morgan fingerprint density at radius 3 is 2.71 bits per heavy atom. The number of fused-ring (bicyclic) bond motifs is 3. The van der Waals surface area contributed by atoms with Crippen LogP contribution in [0.2, 0.25) is 0 Å². The van der Waals surface area contributed by atoms with E-state index in [1.807, 2.05) is 24.3 Å². The zero-order valence-electron chi connectivity index (χ0n) is 8.84. The smallest absolute Gasteiger partial charge is 0.273 e. The van der Waals surface area contributed by atoms with E-state index in [0.717, 1.165) is 21.9 Å². The van der Waals surface area contributed by atoms with Gasteiger partial charge in [-0.1, -0.05) is 24.3 Å². The highest BCUT2D eigenvalue weighted by atomic mass is 35.7. The van der Waals surface area contributed by atoms with Crippen molar-refractivity contribution in [1.29, 1.82) is 0 Å². The third-order valence-electron chi connectivity index (χ3n) is 3.50. The Hall–Kier alpha value is -1.07. The lowest BCUT2D eigenvalue weighted by Gasteiger charge is -2.47. The molecule has 1 fully saturated rings. The molecular formula is C11H10ClNO3S. The van der Waals surface area contributed by atoms with Crippen LogP contribution in [-0.2, 0) is 20.5 Å². The van der Waals surface area contributed by atoms with Crippen LogP contribution in [0, 0.1) is 5.92 Å². The molecule has 1 heterocycles. The molecule has 1 aromatic rings. The first-order valence-electron chi connectivity index (χ1n) is 5.36. The zero-order chi connectivity index (χ0) is 12.2. The van der Waals surface area contributed by atoms with E-state index < -0.39 is 15.3 Å². The highest BCUT2D eigenvalue weighted by molar-refractivity contribution is 8.12. The van der Waals surface area contributed by atoms with Gasteiger partial charge in [0.25, 0.3) is 0 Å². The molecule has 0 N–H and O–H groups in total. The molecule has 1 aromatic carbocycles. The van der Waals surface area contributed by atoms with E-state index >= 15 is 0 Å². The van der Waals surface area contributed by atoms with Gasteiger partial charge in [0, 0.05) is 10.7 Å². The van der Waals surface area contributed by atoms with Crippen LogP contribution in [0.1, 0.15) is 23.6 Å². The second-order valence-corrected chi connectivity index (χ2v) is 6.75. The molecule has 0 radical (unpaired) electrons. The van der Waals surface area contributed by atoms with Crippen LogP contribution in [0.3, 0.4) is 0 Å². The van der Waals surface area contributed by atoms with Gasteiger partial charge in [0.2, 0.25) is 5.91 Å². The predicted octanol–water partition coefficient (Wildman–Crippen LogP) is 1.62. The standard InChI is InChI=1S/C11H10ClNO3S/c12-17(15,16)13-10-8-4-2-1-3-7(8)5-6-9(10)11(13)14/h1-4,9-10H,5-6H2.